The van der Waals surface area contributed by atoms with Gasteiger partial charge in [-0.3, -0.25) is 0 Å². The van der Waals surface area contributed by atoms with Crippen LogP contribution in [0.15, 0.2) is 42.6 Å². The summed E-state index contributed by atoms with van der Waals surface area (Å²) >= 11 is 0. The number of aromatic nitrogens is 3. The number of carbonyl (C=O) groups is 1. The standard InChI is InChI=1S/C19H20N4O2/c24-19(25)14-7-8-18(20-11-14)23-9-3-4-13(12-23)10-17-21-15-5-1-2-6-16(15)22-17/h1-2,5-8,11,13H,3-4,9-10,12H2,(H,21,22)(H,24,25)/t13-/m0/s1. The number of para-hydroxylation sites is 2. The number of nitrogens with one attached hydrogen (secondary N) is 1. The minimum Gasteiger partial charge on any atom is -0.478 e. The van der Waals surface area contributed by atoms with Gasteiger partial charge in [0.05, 0.1) is 16.6 Å². The van der Waals surface area contributed by atoms with Crippen molar-refractivity contribution in [2.24, 2.45) is 5.92 Å². The Labute approximate surface area is 145 Å². The molecule has 6 heteroatoms. The lowest BCUT2D eigenvalue weighted by molar-refractivity contribution is 0.0696. The average Bonchev–Trinajstić information content (AvgIpc) is 3.04. The SMILES string of the molecule is O=C(O)c1ccc(N2CCC[C@@H](Cc3nc4ccccc4[nH]3)C2)nc1. The van der Waals surface area contributed by atoms with E-state index in [0.717, 1.165) is 48.6 Å². The molecule has 25 heavy (non-hydrogen) atoms. The molecule has 1 aliphatic heterocycles. The predicted molar refractivity (Wildman–Crippen MR) is 95.9 cm³/mol. The Hall–Kier alpha value is -2.89. The number of aromatic carboxylic acids is 1. The van der Waals surface area contributed by atoms with Gasteiger partial charge in [0, 0.05) is 25.7 Å². The van der Waals surface area contributed by atoms with Crippen molar-refractivity contribution in [3.05, 3.63) is 54.0 Å². The smallest absolute Gasteiger partial charge is 0.337 e. The van der Waals surface area contributed by atoms with Crippen LogP contribution in [0.4, 0.5) is 5.82 Å². The predicted octanol–water partition coefficient (Wildman–Crippen LogP) is 3.12. The first-order chi connectivity index (χ1) is 12.2. The highest BCUT2D eigenvalue weighted by Crippen LogP contribution is 2.24. The summed E-state index contributed by atoms with van der Waals surface area (Å²) in [6.07, 6.45) is 4.62. The van der Waals surface area contributed by atoms with E-state index in [1.54, 1.807) is 12.1 Å². The molecular formula is C19H20N4O2. The first kappa shape index (κ1) is 15.6. The second-order valence-corrected chi connectivity index (χ2v) is 6.57. The third-order valence-corrected chi connectivity index (χ3v) is 4.76. The van der Waals surface area contributed by atoms with Crippen molar-refractivity contribution in [3.8, 4) is 0 Å². The summed E-state index contributed by atoms with van der Waals surface area (Å²) in [6.45, 7) is 1.87. The molecule has 0 amide bonds. The highest BCUT2D eigenvalue weighted by molar-refractivity contribution is 5.87. The molecule has 0 saturated carbocycles. The molecule has 2 N–H and O–H groups in total. The number of imidazole rings is 1. The van der Waals surface area contributed by atoms with Gasteiger partial charge in [-0.1, -0.05) is 12.1 Å². The second-order valence-electron chi connectivity index (χ2n) is 6.57. The first-order valence-corrected chi connectivity index (χ1v) is 8.57. The van der Waals surface area contributed by atoms with Crippen LogP contribution in [0.5, 0.6) is 0 Å². The van der Waals surface area contributed by atoms with Gasteiger partial charge in [0.15, 0.2) is 0 Å². The number of carboxylic acid groups (broad SMARTS) is 1. The third-order valence-electron chi connectivity index (χ3n) is 4.76. The molecule has 0 radical (unpaired) electrons. The molecule has 1 aliphatic rings. The molecule has 3 aromatic rings. The van der Waals surface area contributed by atoms with Gasteiger partial charge in [-0.25, -0.2) is 14.8 Å². The summed E-state index contributed by atoms with van der Waals surface area (Å²) < 4.78 is 0. The van der Waals surface area contributed by atoms with Gasteiger partial charge in [0.25, 0.3) is 0 Å². The summed E-state index contributed by atoms with van der Waals surface area (Å²) in [6, 6.07) is 11.5. The Balaban J connectivity index is 1.46. The lowest BCUT2D eigenvalue weighted by Crippen LogP contribution is -2.36. The van der Waals surface area contributed by atoms with Gasteiger partial charge < -0.3 is 15.0 Å². The van der Waals surface area contributed by atoms with Gasteiger partial charge in [0.2, 0.25) is 0 Å². The fourth-order valence-electron chi connectivity index (χ4n) is 3.52. The molecule has 0 spiro atoms. The Morgan fingerprint density at radius 1 is 1.28 bits per heavy atom. The number of pyridine rings is 1. The van der Waals surface area contributed by atoms with E-state index in [0.29, 0.717) is 5.92 Å². The van der Waals surface area contributed by atoms with Crippen LogP contribution in [-0.2, 0) is 6.42 Å². The number of aromatic amines is 1. The van der Waals surface area contributed by atoms with Gasteiger partial charge in [-0.05, 0) is 43.0 Å². The van der Waals surface area contributed by atoms with E-state index >= 15 is 0 Å². The maximum atomic E-state index is 11.0. The maximum absolute atomic E-state index is 11.0. The zero-order chi connectivity index (χ0) is 17.2. The number of piperidine rings is 1. The topological polar surface area (TPSA) is 82.1 Å². The molecule has 128 valence electrons. The van der Waals surface area contributed by atoms with Crippen LogP contribution >= 0.6 is 0 Å². The Morgan fingerprint density at radius 2 is 2.16 bits per heavy atom. The first-order valence-electron chi connectivity index (χ1n) is 8.57. The number of nitrogens with zero attached hydrogens (tertiary/aromatic N) is 3. The van der Waals surface area contributed by atoms with Crippen LogP contribution < -0.4 is 4.90 Å². The Morgan fingerprint density at radius 3 is 2.92 bits per heavy atom. The molecule has 0 unspecified atom stereocenters. The number of H-pyrrole nitrogens is 1. The molecule has 4 rings (SSSR count). The van der Waals surface area contributed by atoms with Crippen molar-refractivity contribution in [2.45, 2.75) is 19.3 Å². The molecule has 6 nitrogen and oxygen atoms in total. The van der Waals surface area contributed by atoms with E-state index < -0.39 is 5.97 Å². The van der Waals surface area contributed by atoms with Crippen LogP contribution in [0.2, 0.25) is 0 Å². The van der Waals surface area contributed by atoms with Gasteiger partial charge in [-0.15, -0.1) is 0 Å². The van der Waals surface area contributed by atoms with E-state index in [2.05, 4.69) is 19.9 Å². The molecule has 0 bridgehead atoms. The van der Waals surface area contributed by atoms with Crippen LogP contribution in [0, 0.1) is 5.92 Å². The van der Waals surface area contributed by atoms with E-state index in [4.69, 9.17) is 5.11 Å². The number of hydrogen-bond acceptors (Lipinski definition) is 4. The van der Waals surface area contributed by atoms with E-state index in [1.807, 2.05) is 24.3 Å². The zero-order valence-corrected chi connectivity index (χ0v) is 13.9. The minimum atomic E-state index is -0.944. The van der Waals surface area contributed by atoms with E-state index in [-0.39, 0.29) is 5.56 Å². The third kappa shape index (κ3) is 3.33. The molecular weight excluding hydrogens is 316 g/mol. The summed E-state index contributed by atoms with van der Waals surface area (Å²) in [5.41, 5.74) is 2.31. The van der Waals surface area contributed by atoms with Crippen molar-refractivity contribution < 1.29 is 9.90 Å². The van der Waals surface area contributed by atoms with Crippen molar-refractivity contribution in [3.63, 3.8) is 0 Å². The van der Waals surface area contributed by atoms with Crippen molar-refractivity contribution in [1.29, 1.82) is 0 Å². The highest BCUT2D eigenvalue weighted by atomic mass is 16.4. The molecule has 2 aromatic heterocycles. The number of anilines is 1. The van der Waals surface area contributed by atoms with E-state index in [9.17, 15) is 4.79 Å². The fraction of sp³-hybridized carbons (Fsp3) is 0.316. The number of carboxylic acids is 1. The monoisotopic (exact) mass is 336 g/mol. The normalized spacial score (nSPS) is 17.8. The van der Waals surface area contributed by atoms with E-state index in [1.165, 1.54) is 12.6 Å². The Bertz CT molecular complexity index is 855. The molecule has 1 fully saturated rings. The molecule has 1 aromatic carbocycles. The molecule has 0 aliphatic carbocycles. The molecule has 1 saturated heterocycles. The second kappa shape index (κ2) is 6.55. The van der Waals surface area contributed by atoms with Gasteiger partial charge in [-0.2, -0.15) is 0 Å². The van der Waals surface area contributed by atoms with Crippen LogP contribution in [-0.4, -0.2) is 39.1 Å². The van der Waals surface area contributed by atoms with Crippen molar-refractivity contribution in [2.75, 3.05) is 18.0 Å². The summed E-state index contributed by atoms with van der Waals surface area (Å²) in [5.74, 6) is 1.44. The average molecular weight is 336 g/mol. The molecule has 3 heterocycles. The lowest BCUT2D eigenvalue weighted by Gasteiger charge is -2.33. The van der Waals surface area contributed by atoms with Gasteiger partial charge >= 0.3 is 5.97 Å². The van der Waals surface area contributed by atoms with Crippen LogP contribution in [0.3, 0.4) is 0 Å². The van der Waals surface area contributed by atoms with Crippen molar-refractivity contribution >= 4 is 22.8 Å². The summed E-state index contributed by atoms with van der Waals surface area (Å²) in [4.78, 5) is 25.6. The number of benzene rings is 1. The number of fused-ring (bicyclic) bond motifs is 1. The van der Waals surface area contributed by atoms with Crippen LogP contribution in [0.1, 0.15) is 29.0 Å². The fourth-order valence-corrected chi connectivity index (χ4v) is 3.52. The lowest BCUT2D eigenvalue weighted by atomic mass is 9.94. The highest BCUT2D eigenvalue weighted by Gasteiger charge is 2.22. The minimum absolute atomic E-state index is 0.222. The summed E-state index contributed by atoms with van der Waals surface area (Å²) in [7, 11) is 0. The molecule has 1 atom stereocenters. The van der Waals surface area contributed by atoms with Gasteiger partial charge in [0.1, 0.15) is 11.6 Å². The zero-order valence-electron chi connectivity index (χ0n) is 13.9. The quantitative estimate of drug-likeness (QED) is 0.765. The Kier molecular flexibility index (Phi) is 4.09. The number of rotatable bonds is 4. The summed E-state index contributed by atoms with van der Waals surface area (Å²) in [5, 5.41) is 8.99. The number of hydrogen-bond donors (Lipinski definition) is 2. The van der Waals surface area contributed by atoms with Crippen LogP contribution in [0.25, 0.3) is 11.0 Å². The van der Waals surface area contributed by atoms with Crippen molar-refractivity contribution in [1.82, 2.24) is 15.0 Å². The maximum Gasteiger partial charge on any atom is 0.337 e. The largest absolute Gasteiger partial charge is 0.478 e.